The fourth-order valence-corrected chi connectivity index (χ4v) is 0.899. The van der Waals surface area contributed by atoms with E-state index >= 15 is 0 Å². The number of halogens is 1. The third kappa shape index (κ3) is 6.37. The van der Waals surface area contributed by atoms with Crippen molar-refractivity contribution in [1.82, 2.24) is 0 Å². The molecule has 0 spiro atoms. The zero-order valence-electron chi connectivity index (χ0n) is 11.6. The van der Waals surface area contributed by atoms with Crippen molar-refractivity contribution in [3.63, 3.8) is 0 Å². The molecule has 0 unspecified atom stereocenters. The molecule has 5 heteroatoms. The van der Waals surface area contributed by atoms with E-state index in [4.69, 9.17) is 4.74 Å². The van der Waals surface area contributed by atoms with Gasteiger partial charge in [0, 0.05) is 0 Å². The quantitative estimate of drug-likeness (QED) is 0.544. The highest BCUT2D eigenvalue weighted by atomic mass is 19.1. The number of carbonyl (C=O) groups excluding carboxylic acids is 2. The second-order valence-electron chi connectivity index (χ2n) is 4.92. The van der Waals surface area contributed by atoms with Gasteiger partial charge in [-0.05, 0) is 18.8 Å². The summed E-state index contributed by atoms with van der Waals surface area (Å²) in [4.78, 5) is 22.7. The fraction of sp³-hybridized carbons (Fsp3) is 0.692. The number of esters is 2. The van der Waals surface area contributed by atoms with Crippen molar-refractivity contribution >= 4 is 11.9 Å². The Morgan fingerprint density at radius 2 is 1.33 bits per heavy atom. The largest absolute Gasteiger partial charge is 0.462 e. The Morgan fingerprint density at radius 1 is 0.944 bits per heavy atom. The fourth-order valence-electron chi connectivity index (χ4n) is 0.899. The van der Waals surface area contributed by atoms with Gasteiger partial charge in [-0.3, -0.25) is 0 Å². The predicted molar refractivity (Wildman–Crippen MR) is 65.4 cm³/mol. The molecular weight excluding hydrogens is 239 g/mol. The van der Waals surface area contributed by atoms with Crippen LogP contribution in [0.1, 0.15) is 34.6 Å². The van der Waals surface area contributed by atoms with Gasteiger partial charge < -0.3 is 9.47 Å². The van der Waals surface area contributed by atoms with Crippen molar-refractivity contribution in [3.8, 4) is 0 Å². The molecule has 0 saturated carbocycles. The number of hydrogen-bond donors (Lipinski definition) is 0. The maximum absolute atomic E-state index is 13.5. The lowest BCUT2D eigenvalue weighted by molar-refractivity contribution is -0.144. The van der Waals surface area contributed by atoms with E-state index < -0.39 is 17.8 Å². The minimum atomic E-state index is -1.19. The van der Waals surface area contributed by atoms with Gasteiger partial charge in [-0.2, -0.15) is 4.39 Å². The average Bonchev–Trinajstić information content (AvgIpc) is 2.30. The van der Waals surface area contributed by atoms with E-state index in [1.807, 2.05) is 27.7 Å². The summed E-state index contributed by atoms with van der Waals surface area (Å²) in [5.74, 6) is -2.89. The molecule has 0 saturated heterocycles. The molecular formula is C13H21FO4. The number of carbonyl (C=O) groups is 2. The lowest BCUT2D eigenvalue weighted by Crippen LogP contribution is -2.16. The monoisotopic (exact) mass is 260 g/mol. The Kier molecular flexibility index (Phi) is 7.24. The first-order chi connectivity index (χ1) is 8.25. The summed E-state index contributed by atoms with van der Waals surface area (Å²) in [7, 11) is 0. The highest BCUT2D eigenvalue weighted by Crippen LogP contribution is 2.11. The third-order valence-corrected chi connectivity index (χ3v) is 1.91. The van der Waals surface area contributed by atoms with Gasteiger partial charge >= 0.3 is 11.9 Å². The minimum Gasteiger partial charge on any atom is -0.462 e. The minimum absolute atomic E-state index is 0.106. The zero-order valence-corrected chi connectivity index (χ0v) is 11.6. The van der Waals surface area contributed by atoms with Crippen molar-refractivity contribution in [2.45, 2.75) is 34.6 Å². The Bertz CT molecular complexity index is 300. The van der Waals surface area contributed by atoms with Crippen molar-refractivity contribution in [2.24, 2.45) is 11.8 Å². The molecule has 0 aliphatic heterocycles. The first kappa shape index (κ1) is 16.6. The van der Waals surface area contributed by atoms with Gasteiger partial charge in [0.15, 0.2) is 0 Å². The highest BCUT2D eigenvalue weighted by molar-refractivity contribution is 5.98. The van der Waals surface area contributed by atoms with Crippen molar-refractivity contribution in [3.05, 3.63) is 11.4 Å². The van der Waals surface area contributed by atoms with Crippen LogP contribution < -0.4 is 0 Å². The molecule has 0 rings (SSSR count). The van der Waals surface area contributed by atoms with E-state index in [-0.39, 0.29) is 30.6 Å². The second kappa shape index (κ2) is 7.84. The normalized spacial score (nSPS) is 12.4. The van der Waals surface area contributed by atoms with Gasteiger partial charge in [-0.15, -0.1) is 0 Å². The van der Waals surface area contributed by atoms with Crippen LogP contribution in [-0.2, 0) is 19.1 Å². The van der Waals surface area contributed by atoms with E-state index in [0.29, 0.717) is 0 Å². The van der Waals surface area contributed by atoms with Crippen LogP contribution in [0.5, 0.6) is 0 Å². The lowest BCUT2D eigenvalue weighted by Gasteiger charge is -2.09. The summed E-state index contributed by atoms with van der Waals surface area (Å²) in [6.07, 6.45) is 0. The third-order valence-electron chi connectivity index (χ3n) is 1.91. The zero-order chi connectivity index (χ0) is 14.3. The lowest BCUT2D eigenvalue weighted by atomic mass is 10.2. The van der Waals surface area contributed by atoms with E-state index in [2.05, 4.69) is 4.74 Å². The molecule has 0 aromatic rings. The molecule has 0 aliphatic carbocycles. The van der Waals surface area contributed by atoms with Crippen molar-refractivity contribution < 1.29 is 23.5 Å². The predicted octanol–water partition coefficient (Wildman–Crippen LogP) is 2.63. The van der Waals surface area contributed by atoms with Gasteiger partial charge in [-0.1, -0.05) is 27.7 Å². The van der Waals surface area contributed by atoms with Crippen LogP contribution in [0.3, 0.4) is 0 Å². The van der Waals surface area contributed by atoms with E-state index in [0.717, 1.165) is 0 Å². The van der Waals surface area contributed by atoms with Crippen LogP contribution in [-0.4, -0.2) is 25.2 Å². The van der Waals surface area contributed by atoms with Crippen molar-refractivity contribution in [1.29, 1.82) is 0 Å². The number of ether oxygens (including phenoxy) is 2. The van der Waals surface area contributed by atoms with Crippen molar-refractivity contribution in [2.75, 3.05) is 13.2 Å². The molecule has 104 valence electrons. The van der Waals surface area contributed by atoms with Crippen LogP contribution >= 0.6 is 0 Å². The van der Waals surface area contributed by atoms with E-state index in [9.17, 15) is 14.0 Å². The Labute approximate surface area is 107 Å². The van der Waals surface area contributed by atoms with Gasteiger partial charge in [0.05, 0.1) is 18.8 Å². The summed E-state index contributed by atoms with van der Waals surface area (Å²) in [6.45, 7) is 8.89. The summed E-state index contributed by atoms with van der Waals surface area (Å²) in [6, 6.07) is 0. The number of hydrogen-bond acceptors (Lipinski definition) is 4. The molecule has 0 bridgehead atoms. The molecule has 0 N–H and O–H groups in total. The first-order valence-corrected chi connectivity index (χ1v) is 5.96. The van der Waals surface area contributed by atoms with Gasteiger partial charge in [-0.25, -0.2) is 9.59 Å². The maximum atomic E-state index is 13.5. The molecule has 0 radical (unpaired) electrons. The number of rotatable bonds is 6. The smallest absolute Gasteiger partial charge is 0.367 e. The molecule has 4 nitrogen and oxygen atoms in total. The van der Waals surface area contributed by atoms with E-state index in [1.165, 1.54) is 6.92 Å². The Morgan fingerprint density at radius 3 is 1.72 bits per heavy atom. The van der Waals surface area contributed by atoms with Crippen LogP contribution in [0.2, 0.25) is 0 Å². The SMILES string of the molecule is C/C(C(=O)OCC(C)C)=C(\F)C(=O)OCC(C)C. The molecule has 0 amide bonds. The topological polar surface area (TPSA) is 52.6 Å². The molecule has 0 aromatic heterocycles. The molecule has 0 atom stereocenters. The standard InChI is InChI=1S/C13H21FO4/c1-8(2)6-17-12(15)10(5)11(14)13(16)18-7-9(3)4/h8-9H,6-7H2,1-5H3/b11-10+. The summed E-state index contributed by atoms with van der Waals surface area (Å²) >= 11 is 0. The van der Waals surface area contributed by atoms with Crippen LogP contribution in [0.15, 0.2) is 11.4 Å². The molecule has 0 fully saturated rings. The molecule has 0 aromatic carbocycles. The Hall–Kier alpha value is -1.39. The van der Waals surface area contributed by atoms with Gasteiger partial charge in [0.1, 0.15) is 0 Å². The highest BCUT2D eigenvalue weighted by Gasteiger charge is 2.20. The molecule has 18 heavy (non-hydrogen) atoms. The first-order valence-electron chi connectivity index (χ1n) is 5.96. The average molecular weight is 260 g/mol. The van der Waals surface area contributed by atoms with Crippen LogP contribution in [0.4, 0.5) is 4.39 Å². The van der Waals surface area contributed by atoms with Gasteiger partial charge in [0.25, 0.3) is 0 Å². The van der Waals surface area contributed by atoms with Crippen LogP contribution in [0.25, 0.3) is 0 Å². The van der Waals surface area contributed by atoms with E-state index in [1.54, 1.807) is 0 Å². The second-order valence-corrected chi connectivity index (χ2v) is 4.92. The van der Waals surface area contributed by atoms with Gasteiger partial charge in [0.2, 0.25) is 5.83 Å². The maximum Gasteiger partial charge on any atom is 0.367 e. The summed E-state index contributed by atoms with van der Waals surface area (Å²) in [5, 5.41) is 0. The van der Waals surface area contributed by atoms with Crippen LogP contribution in [0, 0.1) is 11.8 Å². The Balaban J connectivity index is 4.49. The summed E-state index contributed by atoms with van der Waals surface area (Å²) < 4.78 is 23.0. The molecule has 0 heterocycles. The molecule has 0 aliphatic rings. The summed E-state index contributed by atoms with van der Waals surface area (Å²) in [5.41, 5.74) is -0.357.